The van der Waals surface area contributed by atoms with Gasteiger partial charge in [-0.1, -0.05) is 20.8 Å². The Bertz CT molecular complexity index is 601. The molecule has 0 radical (unpaired) electrons. The Labute approximate surface area is 109 Å². The van der Waals surface area contributed by atoms with Crippen molar-refractivity contribution in [2.24, 2.45) is 5.41 Å². The van der Waals surface area contributed by atoms with Crippen LogP contribution in [0.3, 0.4) is 0 Å². The number of aromatic nitrogens is 4. The smallest absolute Gasteiger partial charge is 0.185 e. The van der Waals surface area contributed by atoms with E-state index in [1.807, 2.05) is 20.8 Å². The number of nitrogens with zero attached hydrogens (tertiary/aromatic N) is 4. The van der Waals surface area contributed by atoms with Crippen molar-refractivity contribution in [2.45, 2.75) is 27.3 Å². The Hall–Kier alpha value is -2.05. The van der Waals surface area contributed by atoms with Gasteiger partial charge in [0, 0.05) is 12.6 Å². The standard InChI is InChI=1S/C12H15F2N5/c1-12(2,3)6-19-11(16-17-18-19)7-4-10(15)9(14)5-8(7)13/h4-5H,6,15H2,1-3H3. The van der Waals surface area contributed by atoms with Crippen molar-refractivity contribution in [1.82, 2.24) is 20.2 Å². The highest BCUT2D eigenvalue weighted by atomic mass is 19.1. The van der Waals surface area contributed by atoms with Gasteiger partial charge in [-0.15, -0.1) is 5.10 Å². The monoisotopic (exact) mass is 267 g/mol. The summed E-state index contributed by atoms with van der Waals surface area (Å²) in [5.74, 6) is -1.30. The number of nitrogen functional groups attached to an aromatic ring is 1. The number of halogens is 2. The third-order valence-electron chi connectivity index (χ3n) is 2.48. The Morgan fingerprint density at radius 3 is 2.53 bits per heavy atom. The van der Waals surface area contributed by atoms with Crippen LogP contribution in [-0.4, -0.2) is 20.2 Å². The number of rotatable bonds is 2. The zero-order chi connectivity index (χ0) is 14.2. The molecule has 0 atom stereocenters. The van der Waals surface area contributed by atoms with Crippen molar-refractivity contribution in [1.29, 1.82) is 0 Å². The predicted octanol–water partition coefficient (Wildman–Crippen LogP) is 2.25. The van der Waals surface area contributed by atoms with E-state index in [9.17, 15) is 8.78 Å². The summed E-state index contributed by atoms with van der Waals surface area (Å²) in [7, 11) is 0. The van der Waals surface area contributed by atoms with Crippen LogP contribution in [0.1, 0.15) is 20.8 Å². The first-order chi connectivity index (χ1) is 8.78. The summed E-state index contributed by atoms with van der Waals surface area (Å²) < 4.78 is 28.4. The number of benzene rings is 1. The zero-order valence-corrected chi connectivity index (χ0v) is 11.0. The third-order valence-corrected chi connectivity index (χ3v) is 2.48. The lowest BCUT2D eigenvalue weighted by molar-refractivity contribution is 0.323. The molecule has 1 heterocycles. The van der Waals surface area contributed by atoms with Crippen molar-refractivity contribution in [3.63, 3.8) is 0 Å². The van der Waals surface area contributed by atoms with Crippen LogP contribution in [0.15, 0.2) is 12.1 Å². The van der Waals surface area contributed by atoms with E-state index in [0.29, 0.717) is 6.54 Å². The first-order valence-corrected chi connectivity index (χ1v) is 5.79. The molecule has 102 valence electrons. The van der Waals surface area contributed by atoms with Gasteiger partial charge in [0.25, 0.3) is 0 Å². The Balaban J connectivity index is 2.49. The van der Waals surface area contributed by atoms with Gasteiger partial charge in [0.2, 0.25) is 0 Å². The Morgan fingerprint density at radius 1 is 1.21 bits per heavy atom. The van der Waals surface area contributed by atoms with Crippen molar-refractivity contribution >= 4 is 5.69 Å². The first-order valence-electron chi connectivity index (χ1n) is 5.79. The van der Waals surface area contributed by atoms with Crippen LogP contribution in [-0.2, 0) is 6.54 Å². The summed E-state index contributed by atoms with van der Waals surface area (Å²) in [6.07, 6.45) is 0. The first kappa shape index (κ1) is 13.4. The lowest BCUT2D eigenvalue weighted by atomic mass is 9.97. The van der Waals surface area contributed by atoms with Gasteiger partial charge in [-0.05, 0) is 21.9 Å². The summed E-state index contributed by atoms with van der Waals surface area (Å²) in [5, 5.41) is 11.1. The molecule has 0 aliphatic heterocycles. The van der Waals surface area contributed by atoms with Gasteiger partial charge in [0.05, 0.1) is 11.3 Å². The van der Waals surface area contributed by atoms with Gasteiger partial charge in [-0.2, -0.15) is 0 Å². The van der Waals surface area contributed by atoms with E-state index in [0.717, 1.165) is 6.07 Å². The molecule has 1 aromatic carbocycles. The van der Waals surface area contributed by atoms with E-state index < -0.39 is 11.6 Å². The molecule has 0 fully saturated rings. The average Bonchev–Trinajstić information content (AvgIpc) is 2.69. The fraction of sp³-hybridized carbons (Fsp3) is 0.417. The van der Waals surface area contributed by atoms with Gasteiger partial charge < -0.3 is 5.73 Å². The second kappa shape index (κ2) is 4.56. The number of hydrogen-bond acceptors (Lipinski definition) is 4. The maximum atomic E-state index is 13.8. The van der Waals surface area contributed by atoms with E-state index in [1.165, 1.54) is 10.7 Å². The van der Waals surface area contributed by atoms with E-state index in [4.69, 9.17) is 5.73 Å². The molecule has 0 aliphatic rings. The number of hydrogen-bond donors (Lipinski definition) is 1. The topological polar surface area (TPSA) is 69.6 Å². The SMILES string of the molecule is CC(C)(C)Cn1nnnc1-c1cc(N)c(F)cc1F. The van der Waals surface area contributed by atoms with Crippen LogP contribution in [0.4, 0.5) is 14.5 Å². The van der Waals surface area contributed by atoms with Crippen LogP contribution in [0.2, 0.25) is 0 Å². The second-order valence-corrected chi connectivity index (χ2v) is 5.57. The largest absolute Gasteiger partial charge is 0.396 e. The summed E-state index contributed by atoms with van der Waals surface area (Å²) in [6.45, 7) is 6.53. The Kier molecular flexibility index (Phi) is 3.21. The average molecular weight is 267 g/mol. The van der Waals surface area contributed by atoms with Crippen molar-refractivity contribution < 1.29 is 8.78 Å². The maximum absolute atomic E-state index is 13.8. The summed E-state index contributed by atoms with van der Waals surface area (Å²) >= 11 is 0. The minimum atomic E-state index is -0.795. The van der Waals surface area contributed by atoms with Crippen LogP contribution in [0.5, 0.6) is 0 Å². The van der Waals surface area contributed by atoms with Gasteiger partial charge >= 0.3 is 0 Å². The molecule has 5 nitrogen and oxygen atoms in total. The van der Waals surface area contributed by atoms with Gasteiger partial charge in [0.15, 0.2) is 5.82 Å². The van der Waals surface area contributed by atoms with E-state index in [1.54, 1.807) is 0 Å². The van der Waals surface area contributed by atoms with Gasteiger partial charge in [-0.25, -0.2) is 13.5 Å². The van der Waals surface area contributed by atoms with Crippen molar-refractivity contribution in [2.75, 3.05) is 5.73 Å². The van der Waals surface area contributed by atoms with Gasteiger partial charge in [-0.3, -0.25) is 0 Å². The molecule has 19 heavy (non-hydrogen) atoms. The highest BCUT2D eigenvalue weighted by Gasteiger charge is 2.20. The van der Waals surface area contributed by atoms with Crippen LogP contribution < -0.4 is 5.73 Å². The van der Waals surface area contributed by atoms with E-state index in [-0.39, 0.29) is 22.5 Å². The minimum Gasteiger partial charge on any atom is -0.396 e. The molecular weight excluding hydrogens is 252 g/mol. The molecular formula is C12H15F2N5. The van der Waals surface area contributed by atoms with Gasteiger partial charge in [0.1, 0.15) is 11.6 Å². The molecule has 2 rings (SSSR count). The highest BCUT2D eigenvalue weighted by Crippen LogP contribution is 2.26. The minimum absolute atomic E-state index is 0.0772. The predicted molar refractivity (Wildman–Crippen MR) is 67.0 cm³/mol. The molecule has 0 bridgehead atoms. The quantitative estimate of drug-likeness (QED) is 0.847. The van der Waals surface area contributed by atoms with Crippen molar-refractivity contribution in [3.8, 4) is 11.4 Å². The summed E-state index contributed by atoms with van der Waals surface area (Å²) in [5.41, 5.74) is 5.33. The molecule has 0 saturated heterocycles. The molecule has 0 spiro atoms. The highest BCUT2D eigenvalue weighted by molar-refractivity contribution is 5.62. The molecule has 2 aromatic rings. The molecule has 0 aliphatic carbocycles. The molecule has 1 aromatic heterocycles. The van der Waals surface area contributed by atoms with Crippen molar-refractivity contribution in [3.05, 3.63) is 23.8 Å². The summed E-state index contributed by atoms with van der Waals surface area (Å²) in [4.78, 5) is 0. The second-order valence-electron chi connectivity index (χ2n) is 5.57. The number of tetrazole rings is 1. The lowest BCUT2D eigenvalue weighted by Gasteiger charge is -2.18. The van der Waals surface area contributed by atoms with Crippen LogP contribution in [0, 0.1) is 17.0 Å². The fourth-order valence-corrected chi connectivity index (χ4v) is 1.69. The van der Waals surface area contributed by atoms with E-state index >= 15 is 0 Å². The lowest BCUT2D eigenvalue weighted by Crippen LogP contribution is -2.17. The van der Waals surface area contributed by atoms with Crippen LogP contribution >= 0.6 is 0 Å². The number of anilines is 1. The maximum Gasteiger partial charge on any atom is 0.185 e. The molecule has 0 saturated carbocycles. The fourth-order valence-electron chi connectivity index (χ4n) is 1.69. The van der Waals surface area contributed by atoms with E-state index in [2.05, 4.69) is 15.5 Å². The molecule has 7 heteroatoms. The normalized spacial score (nSPS) is 11.8. The van der Waals surface area contributed by atoms with Crippen LogP contribution in [0.25, 0.3) is 11.4 Å². The molecule has 2 N–H and O–H groups in total. The Morgan fingerprint density at radius 2 is 1.89 bits per heavy atom. The third kappa shape index (κ3) is 2.86. The zero-order valence-electron chi connectivity index (χ0n) is 11.0. The molecule has 0 amide bonds. The number of nitrogens with two attached hydrogens (primary N) is 1. The molecule has 0 unspecified atom stereocenters. The summed E-state index contributed by atoms with van der Waals surface area (Å²) in [6, 6.07) is 1.94.